The summed E-state index contributed by atoms with van der Waals surface area (Å²) in [5.74, 6) is -0.278. The number of amides is 1. The van der Waals surface area contributed by atoms with Gasteiger partial charge in [0.1, 0.15) is 5.82 Å². The number of hydrogen-bond donors (Lipinski definition) is 2. The van der Waals surface area contributed by atoms with Crippen molar-refractivity contribution < 1.29 is 13.9 Å². The Morgan fingerprint density at radius 2 is 1.97 bits per heavy atom. The lowest BCUT2D eigenvalue weighted by Gasteiger charge is -2.13. The molecule has 8 heteroatoms. The van der Waals surface area contributed by atoms with Gasteiger partial charge in [0.2, 0.25) is 0 Å². The Morgan fingerprint density at radius 3 is 2.69 bits per heavy atom. The lowest BCUT2D eigenvalue weighted by atomic mass is 10.1. The number of aryl methyl sites for hydroxylation is 1. The molecule has 0 spiro atoms. The average Bonchev–Trinajstić information content (AvgIpc) is 2.73. The molecular weight excluding hydrogens is 375 g/mol. The van der Waals surface area contributed by atoms with E-state index in [9.17, 15) is 14.0 Å². The van der Waals surface area contributed by atoms with E-state index in [0.29, 0.717) is 23.6 Å². The van der Waals surface area contributed by atoms with Crippen LogP contribution in [-0.4, -0.2) is 22.3 Å². The number of carbonyl (C=O) groups is 1. The fourth-order valence-corrected chi connectivity index (χ4v) is 2.67. The van der Waals surface area contributed by atoms with Crippen LogP contribution in [0, 0.1) is 5.82 Å². The van der Waals surface area contributed by atoms with Crippen molar-refractivity contribution in [2.45, 2.75) is 13.5 Å². The van der Waals surface area contributed by atoms with Crippen LogP contribution in [0.3, 0.4) is 0 Å². The van der Waals surface area contributed by atoms with Crippen LogP contribution < -0.4 is 20.9 Å². The predicted octanol–water partition coefficient (Wildman–Crippen LogP) is 2.99. The third-order valence-corrected chi connectivity index (χ3v) is 4.16. The molecule has 0 bridgehead atoms. The fourth-order valence-electron chi connectivity index (χ4n) is 2.67. The first-order valence-electron chi connectivity index (χ1n) is 9.06. The van der Waals surface area contributed by atoms with Crippen LogP contribution in [0.4, 0.5) is 15.8 Å². The predicted molar refractivity (Wildman–Crippen MR) is 108 cm³/mol. The molecule has 0 radical (unpaired) electrons. The van der Waals surface area contributed by atoms with Gasteiger partial charge in [-0.3, -0.25) is 9.59 Å². The molecule has 29 heavy (non-hydrogen) atoms. The van der Waals surface area contributed by atoms with Crippen LogP contribution >= 0.6 is 0 Å². The lowest BCUT2D eigenvalue weighted by Crippen LogP contribution is -2.24. The first-order valence-corrected chi connectivity index (χ1v) is 9.06. The van der Waals surface area contributed by atoms with Crippen molar-refractivity contribution in [3.05, 3.63) is 82.0 Å². The van der Waals surface area contributed by atoms with Crippen molar-refractivity contribution in [3.63, 3.8) is 0 Å². The number of ether oxygens (including phenoxy) is 1. The third-order valence-electron chi connectivity index (χ3n) is 4.16. The summed E-state index contributed by atoms with van der Waals surface area (Å²) < 4.78 is 19.6. The number of halogens is 1. The topological polar surface area (TPSA) is 85.2 Å². The van der Waals surface area contributed by atoms with Gasteiger partial charge in [-0.2, -0.15) is 5.10 Å². The highest BCUT2D eigenvalue weighted by Gasteiger charge is 2.13. The standard InChI is InChI=1S/C21H21FN4O3/c1-3-29-18-13-24-26(2)21(28)19(18)25-17-6-4-5-15(11-17)20(27)23-12-14-7-9-16(22)10-8-14/h4-11,13,25H,3,12H2,1-2H3,(H,23,27). The molecule has 0 aliphatic carbocycles. The maximum absolute atomic E-state index is 13.0. The van der Waals surface area contributed by atoms with Crippen LogP contribution in [0.25, 0.3) is 0 Å². The molecule has 1 aromatic heterocycles. The van der Waals surface area contributed by atoms with Gasteiger partial charge in [-0.1, -0.05) is 18.2 Å². The number of carbonyl (C=O) groups excluding carboxylic acids is 1. The van der Waals surface area contributed by atoms with Gasteiger partial charge >= 0.3 is 0 Å². The number of rotatable bonds is 7. The molecule has 150 valence electrons. The Kier molecular flexibility index (Phi) is 6.23. The normalized spacial score (nSPS) is 10.4. The Labute approximate surface area is 167 Å². The summed E-state index contributed by atoms with van der Waals surface area (Å²) >= 11 is 0. The second kappa shape index (κ2) is 9.01. The van der Waals surface area contributed by atoms with E-state index in [1.54, 1.807) is 43.4 Å². The van der Waals surface area contributed by atoms with E-state index in [4.69, 9.17) is 4.74 Å². The maximum atomic E-state index is 13.0. The molecule has 3 rings (SSSR count). The maximum Gasteiger partial charge on any atom is 0.294 e. The van der Waals surface area contributed by atoms with E-state index in [1.807, 2.05) is 6.92 Å². The molecule has 2 aromatic carbocycles. The van der Waals surface area contributed by atoms with E-state index in [2.05, 4.69) is 15.7 Å². The van der Waals surface area contributed by atoms with E-state index in [0.717, 1.165) is 5.56 Å². The van der Waals surface area contributed by atoms with Crippen molar-refractivity contribution in [2.75, 3.05) is 11.9 Å². The van der Waals surface area contributed by atoms with Gasteiger partial charge in [0.15, 0.2) is 11.4 Å². The summed E-state index contributed by atoms with van der Waals surface area (Å²) in [5.41, 5.74) is 1.66. The molecule has 2 N–H and O–H groups in total. The number of benzene rings is 2. The number of aromatic nitrogens is 2. The van der Waals surface area contributed by atoms with Crippen molar-refractivity contribution in [1.29, 1.82) is 0 Å². The van der Waals surface area contributed by atoms with Gasteiger partial charge in [0.05, 0.1) is 12.8 Å². The average molecular weight is 396 g/mol. The zero-order chi connectivity index (χ0) is 20.8. The summed E-state index contributed by atoms with van der Waals surface area (Å²) in [6, 6.07) is 12.7. The summed E-state index contributed by atoms with van der Waals surface area (Å²) in [6.45, 7) is 2.47. The van der Waals surface area contributed by atoms with Gasteiger partial charge in [0, 0.05) is 24.8 Å². The van der Waals surface area contributed by atoms with Crippen molar-refractivity contribution in [1.82, 2.24) is 15.1 Å². The zero-order valence-electron chi connectivity index (χ0n) is 16.1. The Morgan fingerprint density at radius 1 is 1.21 bits per heavy atom. The molecule has 1 heterocycles. The summed E-state index contributed by atoms with van der Waals surface area (Å²) in [4.78, 5) is 24.9. The molecule has 0 unspecified atom stereocenters. The van der Waals surface area contributed by atoms with Crippen LogP contribution in [0.5, 0.6) is 5.75 Å². The molecular formula is C21H21FN4O3. The second-order valence-corrected chi connectivity index (χ2v) is 6.26. The molecule has 0 aliphatic rings. The van der Waals surface area contributed by atoms with Crippen LogP contribution in [0.15, 0.2) is 59.5 Å². The summed E-state index contributed by atoms with van der Waals surface area (Å²) in [7, 11) is 1.54. The lowest BCUT2D eigenvalue weighted by molar-refractivity contribution is 0.0951. The van der Waals surface area contributed by atoms with Crippen molar-refractivity contribution >= 4 is 17.3 Å². The van der Waals surface area contributed by atoms with Crippen LogP contribution in [0.1, 0.15) is 22.8 Å². The molecule has 0 saturated carbocycles. The molecule has 0 fully saturated rings. The highest BCUT2D eigenvalue weighted by molar-refractivity contribution is 5.95. The smallest absolute Gasteiger partial charge is 0.294 e. The van der Waals surface area contributed by atoms with Crippen LogP contribution in [0.2, 0.25) is 0 Å². The quantitative estimate of drug-likeness (QED) is 0.641. The molecule has 7 nitrogen and oxygen atoms in total. The Hall–Kier alpha value is -3.68. The van der Waals surface area contributed by atoms with Gasteiger partial charge < -0.3 is 15.4 Å². The van der Waals surface area contributed by atoms with E-state index < -0.39 is 0 Å². The van der Waals surface area contributed by atoms with E-state index in [-0.39, 0.29) is 29.5 Å². The van der Waals surface area contributed by atoms with E-state index in [1.165, 1.54) is 23.0 Å². The molecule has 0 aliphatic heterocycles. The SMILES string of the molecule is CCOc1cnn(C)c(=O)c1Nc1cccc(C(=O)NCc2ccc(F)cc2)c1. The van der Waals surface area contributed by atoms with Gasteiger partial charge in [-0.25, -0.2) is 9.07 Å². The van der Waals surface area contributed by atoms with Gasteiger partial charge in [-0.15, -0.1) is 0 Å². The number of nitrogens with zero attached hydrogens (tertiary/aromatic N) is 2. The van der Waals surface area contributed by atoms with Gasteiger partial charge in [0.25, 0.3) is 11.5 Å². The summed E-state index contributed by atoms with van der Waals surface area (Å²) in [5, 5.41) is 9.77. The highest BCUT2D eigenvalue weighted by atomic mass is 19.1. The molecule has 0 atom stereocenters. The number of hydrogen-bond acceptors (Lipinski definition) is 5. The minimum atomic E-state index is -0.345. The molecule has 3 aromatic rings. The first kappa shape index (κ1) is 20.1. The number of nitrogens with one attached hydrogen (secondary N) is 2. The minimum absolute atomic E-state index is 0.244. The fraction of sp³-hybridized carbons (Fsp3) is 0.190. The first-order chi connectivity index (χ1) is 14.0. The number of anilines is 2. The van der Waals surface area contributed by atoms with E-state index >= 15 is 0 Å². The third kappa shape index (κ3) is 4.98. The van der Waals surface area contributed by atoms with Crippen molar-refractivity contribution in [3.8, 4) is 5.75 Å². The van der Waals surface area contributed by atoms with Crippen molar-refractivity contribution in [2.24, 2.45) is 7.05 Å². The zero-order valence-corrected chi connectivity index (χ0v) is 16.1. The van der Waals surface area contributed by atoms with Gasteiger partial charge in [-0.05, 0) is 42.8 Å². The molecule has 0 saturated heterocycles. The summed E-state index contributed by atoms with van der Waals surface area (Å²) in [6.07, 6.45) is 1.46. The monoisotopic (exact) mass is 396 g/mol. The largest absolute Gasteiger partial charge is 0.490 e. The highest BCUT2D eigenvalue weighted by Crippen LogP contribution is 2.23. The Bertz CT molecular complexity index is 1060. The second-order valence-electron chi connectivity index (χ2n) is 6.26. The van der Waals surface area contributed by atoms with Crippen LogP contribution in [-0.2, 0) is 13.6 Å². The molecule has 1 amide bonds. The Balaban J connectivity index is 1.76. The minimum Gasteiger partial charge on any atom is -0.490 e.